The van der Waals surface area contributed by atoms with Gasteiger partial charge in [0.05, 0.1) is 18.8 Å². The fourth-order valence-corrected chi connectivity index (χ4v) is 3.68. The van der Waals surface area contributed by atoms with Crippen LogP contribution in [0.3, 0.4) is 0 Å². The van der Waals surface area contributed by atoms with E-state index >= 15 is 0 Å². The van der Waals surface area contributed by atoms with Gasteiger partial charge >= 0.3 is 0 Å². The molecule has 1 aliphatic carbocycles. The lowest BCUT2D eigenvalue weighted by molar-refractivity contribution is 0.196. The first-order chi connectivity index (χ1) is 11.3. The Labute approximate surface area is 135 Å². The van der Waals surface area contributed by atoms with Gasteiger partial charge in [0.25, 0.3) is 5.56 Å². The summed E-state index contributed by atoms with van der Waals surface area (Å²) in [7, 11) is 0. The summed E-state index contributed by atoms with van der Waals surface area (Å²) in [5, 5.41) is 4.17. The largest absolute Gasteiger partial charge is 0.444 e. The summed E-state index contributed by atoms with van der Waals surface area (Å²) in [5.41, 5.74) is 1.12. The van der Waals surface area contributed by atoms with E-state index in [1.807, 2.05) is 0 Å². The van der Waals surface area contributed by atoms with Gasteiger partial charge in [0, 0.05) is 24.7 Å². The summed E-state index contributed by atoms with van der Waals surface area (Å²) in [6.45, 7) is 2.40. The molecule has 0 saturated carbocycles. The van der Waals surface area contributed by atoms with Gasteiger partial charge in [-0.3, -0.25) is 9.69 Å². The van der Waals surface area contributed by atoms with E-state index in [4.69, 9.17) is 4.42 Å². The molecule has 1 atom stereocenters. The standard InChI is InChI=1S/C17H22N4O2/c22-17-8-3-9-18-21(17)11-13-5-4-10-20(13)12-16-19-14-6-1-2-7-15(14)23-16/h3,8-9,13H,1-2,4-7,10-12H2. The molecule has 4 rings (SSSR count). The molecule has 6 heteroatoms. The lowest BCUT2D eigenvalue weighted by Crippen LogP contribution is -2.36. The molecular formula is C17H22N4O2. The Balaban J connectivity index is 1.46. The molecule has 0 bridgehead atoms. The number of aromatic nitrogens is 3. The van der Waals surface area contributed by atoms with Crippen LogP contribution in [0.15, 0.2) is 27.5 Å². The van der Waals surface area contributed by atoms with Gasteiger partial charge < -0.3 is 4.42 Å². The quantitative estimate of drug-likeness (QED) is 0.860. The van der Waals surface area contributed by atoms with E-state index < -0.39 is 0 Å². The Morgan fingerprint density at radius 2 is 2.17 bits per heavy atom. The van der Waals surface area contributed by atoms with Gasteiger partial charge in [0.1, 0.15) is 5.76 Å². The zero-order valence-corrected chi connectivity index (χ0v) is 13.3. The van der Waals surface area contributed by atoms with Crippen molar-refractivity contribution in [3.05, 3.63) is 46.0 Å². The number of aryl methyl sites for hydroxylation is 2. The lowest BCUT2D eigenvalue weighted by atomic mass is 10.0. The number of hydrogen-bond acceptors (Lipinski definition) is 5. The monoisotopic (exact) mass is 314 g/mol. The van der Waals surface area contributed by atoms with E-state index in [0.29, 0.717) is 12.6 Å². The molecule has 2 aromatic heterocycles. The van der Waals surface area contributed by atoms with Crippen LogP contribution in [0.5, 0.6) is 0 Å². The molecule has 0 amide bonds. The van der Waals surface area contributed by atoms with E-state index in [1.54, 1.807) is 23.0 Å². The van der Waals surface area contributed by atoms with Crippen molar-refractivity contribution >= 4 is 0 Å². The first kappa shape index (κ1) is 14.6. The van der Waals surface area contributed by atoms with Crippen LogP contribution in [-0.4, -0.2) is 32.3 Å². The normalized spacial score (nSPS) is 21.5. The molecule has 2 aliphatic rings. The summed E-state index contributed by atoms with van der Waals surface area (Å²) in [5.74, 6) is 1.92. The summed E-state index contributed by atoms with van der Waals surface area (Å²) in [4.78, 5) is 18.9. The van der Waals surface area contributed by atoms with Crippen molar-refractivity contribution in [3.63, 3.8) is 0 Å². The van der Waals surface area contributed by atoms with Crippen molar-refractivity contribution in [2.45, 2.75) is 57.7 Å². The smallest absolute Gasteiger partial charge is 0.266 e. The van der Waals surface area contributed by atoms with Gasteiger partial charge in [-0.05, 0) is 44.7 Å². The molecule has 0 radical (unpaired) electrons. The molecule has 0 aromatic carbocycles. The molecule has 122 valence electrons. The van der Waals surface area contributed by atoms with E-state index in [1.165, 1.54) is 12.8 Å². The van der Waals surface area contributed by atoms with E-state index in [-0.39, 0.29) is 5.56 Å². The van der Waals surface area contributed by atoms with Crippen LogP contribution in [0.4, 0.5) is 0 Å². The highest BCUT2D eigenvalue weighted by Crippen LogP contribution is 2.25. The molecular weight excluding hydrogens is 292 g/mol. The van der Waals surface area contributed by atoms with E-state index in [9.17, 15) is 4.79 Å². The highest BCUT2D eigenvalue weighted by Gasteiger charge is 2.27. The molecule has 1 unspecified atom stereocenters. The minimum absolute atomic E-state index is 0.0362. The second kappa shape index (κ2) is 6.28. The SMILES string of the molecule is O=c1cccnn1CC1CCCN1Cc1nc2c(o1)CCCC2. The third kappa shape index (κ3) is 3.08. The average molecular weight is 314 g/mol. The topological polar surface area (TPSA) is 64.2 Å². The number of fused-ring (bicyclic) bond motifs is 1. The average Bonchev–Trinajstić information content (AvgIpc) is 3.16. The second-order valence-electron chi connectivity index (χ2n) is 6.50. The Morgan fingerprint density at radius 3 is 3.04 bits per heavy atom. The Hall–Kier alpha value is -1.95. The summed E-state index contributed by atoms with van der Waals surface area (Å²) in [6, 6.07) is 3.57. The number of rotatable bonds is 4. The van der Waals surface area contributed by atoms with Crippen LogP contribution in [0.2, 0.25) is 0 Å². The number of nitrogens with zero attached hydrogens (tertiary/aromatic N) is 4. The molecule has 1 aliphatic heterocycles. The summed E-state index contributed by atoms with van der Waals surface area (Å²) < 4.78 is 7.51. The highest BCUT2D eigenvalue weighted by molar-refractivity contribution is 5.13. The maximum absolute atomic E-state index is 11.9. The minimum Gasteiger partial charge on any atom is -0.444 e. The summed E-state index contributed by atoms with van der Waals surface area (Å²) >= 11 is 0. The predicted molar refractivity (Wildman–Crippen MR) is 85.1 cm³/mol. The second-order valence-corrected chi connectivity index (χ2v) is 6.50. The van der Waals surface area contributed by atoms with Gasteiger partial charge in [0.2, 0.25) is 5.89 Å². The molecule has 1 fully saturated rings. The van der Waals surface area contributed by atoms with Gasteiger partial charge in [0.15, 0.2) is 0 Å². The maximum Gasteiger partial charge on any atom is 0.266 e. The van der Waals surface area contributed by atoms with Gasteiger partial charge in [-0.15, -0.1) is 0 Å². The molecule has 2 aromatic rings. The Morgan fingerprint density at radius 1 is 1.26 bits per heavy atom. The maximum atomic E-state index is 11.9. The molecule has 6 nitrogen and oxygen atoms in total. The molecule has 0 spiro atoms. The molecule has 0 N–H and O–H groups in total. The van der Waals surface area contributed by atoms with Crippen LogP contribution in [0.1, 0.15) is 43.0 Å². The van der Waals surface area contributed by atoms with Crippen molar-refractivity contribution in [1.82, 2.24) is 19.7 Å². The van der Waals surface area contributed by atoms with Crippen LogP contribution >= 0.6 is 0 Å². The Kier molecular flexibility index (Phi) is 3.99. The van der Waals surface area contributed by atoms with Gasteiger partial charge in [-0.2, -0.15) is 5.10 Å². The zero-order valence-electron chi connectivity index (χ0n) is 13.3. The van der Waals surface area contributed by atoms with E-state index in [0.717, 1.165) is 56.1 Å². The first-order valence-electron chi connectivity index (χ1n) is 8.53. The number of likely N-dealkylation sites (tertiary alicyclic amines) is 1. The first-order valence-corrected chi connectivity index (χ1v) is 8.53. The van der Waals surface area contributed by atoms with Crippen LogP contribution in [-0.2, 0) is 25.9 Å². The van der Waals surface area contributed by atoms with Crippen molar-refractivity contribution in [2.75, 3.05) is 6.54 Å². The van der Waals surface area contributed by atoms with Crippen LogP contribution < -0.4 is 5.56 Å². The lowest BCUT2D eigenvalue weighted by Gasteiger charge is -2.23. The van der Waals surface area contributed by atoms with Crippen LogP contribution in [0, 0.1) is 0 Å². The third-order valence-corrected chi connectivity index (χ3v) is 4.90. The van der Waals surface area contributed by atoms with Crippen molar-refractivity contribution in [2.24, 2.45) is 0 Å². The summed E-state index contributed by atoms with van der Waals surface area (Å²) in [6.07, 6.45) is 8.39. The Bertz CT molecular complexity index is 713. The van der Waals surface area contributed by atoms with Crippen molar-refractivity contribution in [1.29, 1.82) is 0 Å². The van der Waals surface area contributed by atoms with Gasteiger partial charge in [-0.25, -0.2) is 9.67 Å². The predicted octanol–water partition coefficient (Wildman–Crippen LogP) is 1.77. The third-order valence-electron chi connectivity index (χ3n) is 4.90. The molecule has 3 heterocycles. The number of oxazole rings is 1. The number of hydrogen-bond donors (Lipinski definition) is 0. The molecule has 1 saturated heterocycles. The molecule has 23 heavy (non-hydrogen) atoms. The van der Waals surface area contributed by atoms with Crippen molar-refractivity contribution in [3.8, 4) is 0 Å². The van der Waals surface area contributed by atoms with Crippen LogP contribution in [0.25, 0.3) is 0 Å². The fraction of sp³-hybridized carbons (Fsp3) is 0.588. The van der Waals surface area contributed by atoms with E-state index in [2.05, 4.69) is 15.0 Å². The van der Waals surface area contributed by atoms with Crippen molar-refractivity contribution < 1.29 is 4.42 Å². The van der Waals surface area contributed by atoms with Gasteiger partial charge in [-0.1, -0.05) is 0 Å². The highest BCUT2D eigenvalue weighted by atomic mass is 16.4. The zero-order chi connectivity index (χ0) is 15.6. The minimum atomic E-state index is -0.0362. The fourth-order valence-electron chi connectivity index (χ4n) is 3.68.